The van der Waals surface area contributed by atoms with E-state index in [0.29, 0.717) is 0 Å². The maximum absolute atomic E-state index is 6.25. The Labute approximate surface area is 273 Å². The summed E-state index contributed by atoms with van der Waals surface area (Å²) >= 11 is 0. The van der Waals surface area contributed by atoms with Crippen molar-refractivity contribution >= 4 is 71.3 Å². The molecule has 222 valence electrons. The fraction of sp³-hybridized carbons (Fsp3) is 0.0667. The van der Waals surface area contributed by atoms with Crippen LogP contribution in [0.1, 0.15) is 25.0 Å². The van der Waals surface area contributed by atoms with Crippen LogP contribution in [0.15, 0.2) is 156 Å². The van der Waals surface area contributed by atoms with Gasteiger partial charge in [0, 0.05) is 33.2 Å². The van der Waals surface area contributed by atoms with E-state index in [1.807, 2.05) is 12.1 Å². The summed E-state index contributed by atoms with van der Waals surface area (Å²) in [5.41, 5.74) is 10.6. The normalized spacial score (nSPS) is 13.5. The molecular formula is C45H31NO. The molecule has 0 amide bonds. The van der Waals surface area contributed by atoms with Gasteiger partial charge in [-0.05, 0) is 109 Å². The van der Waals surface area contributed by atoms with Crippen molar-refractivity contribution in [3.05, 3.63) is 163 Å². The molecule has 1 aromatic heterocycles. The number of rotatable bonds is 3. The number of nitrogens with zero attached hydrogens (tertiary/aromatic N) is 1. The van der Waals surface area contributed by atoms with E-state index in [9.17, 15) is 0 Å². The van der Waals surface area contributed by atoms with E-state index < -0.39 is 0 Å². The predicted molar refractivity (Wildman–Crippen MR) is 198 cm³/mol. The maximum Gasteiger partial charge on any atom is 0.136 e. The summed E-state index contributed by atoms with van der Waals surface area (Å²) in [6, 6.07) is 55.5. The molecule has 2 nitrogen and oxygen atoms in total. The second-order valence-electron chi connectivity index (χ2n) is 13.4. The molecule has 0 fully saturated rings. The van der Waals surface area contributed by atoms with Crippen LogP contribution < -0.4 is 4.90 Å². The van der Waals surface area contributed by atoms with Gasteiger partial charge in [0.1, 0.15) is 11.2 Å². The van der Waals surface area contributed by atoms with Crippen molar-refractivity contribution < 1.29 is 4.42 Å². The third kappa shape index (κ3) is 3.85. The summed E-state index contributed by atoms with van der Waals surface area (Å²) in [5.74, 6) is 0. The first-order valence-corrected chi connectivity index (χ1v) is 16.3. The topological polar surface area (TPSA) is 16.4 Å². The fourth-order valence-electron chi connectivity index (χ4n) is 7.99. The first-order chi connectivity index (χ1) is 23.0. The smallest absolute Gasteiger partial charge is 0.136 e. The highest BCUT2D eigenvalue weighted by molar-refractivity contribution is 6.17. The molecule has 1 aliphatic rings. The highest BCUT2D eigenvalue weighted by Gasteiger charge is 2.35. The summed E-state index contributed by atoms with van der Waals surface area (Å²) < 4.78 is 6.25. The highest BCUT2D eigenvalue weighted by atomic mass is 16.3. The molecule has 0 saturated heterocycles. The van der Waals surface area contributed by atoms with Crippen molar-refractivity contribution in [1.29, 1.82) is 0 Å². The third-order valence-corrected chi connectivity index (χ3v) is 10.4. The minimum atomic E-state index is -0.0880. The van der Waals surface area contributed by atoms with E-state index in [1.165, 1.54) is 54.6 Å². The summed E-state index contributed by atoms with van der Waals surface area (Å²) in [5, 5.41) is 9.62. The van der Waals surface area contributed by atoms with Crippen LogP contribution in [0, 0.1) is 0 Å². The van der Waals surface area contributed by atoms with Gasteiger partial charge in [-0.1, -0.05) is 111 Å². The Bertz CT molecular complexity index is 2730. The molecule has 0 spiro atoms. The highest BCUT2D eigenvalue weighted by Crippen LogP contribution is 2.51. The molecule has 0 atom stereocenters. The van der Waals surface area contributed by atoms with Gasteiger partial charge in [0.25, 0.3) is 0 Å². The maximum atomic E-state index is 6.25. The van der Waals surface area contributed by atoms with Crippen LogP contribution in [0.2, 0.25) is 0 Å². The lowest BCUT2D eigenvalue weighted by Crippen LogP contribution is -2.16. The van der Waals surface area contributed by atoms with E-state index in [1.54, 1.807) is 0 Å². The quantitative estimate of drug-likeness (QED) is 0.187. The van der Waals surface area contributed by atoms with E-state index in [-0.39, 0.29) is 5.41 Å². The number of para-hydroxylation sites is 1. The van der Waals surface area contributed by atoms with Gasteiger partial charge in [-0.2, -0.15) is 0 Å². The lowest BCUT2D eigenvalue weighted by molar-refractivity contribution is 0.660. The molecule has 2 heteroatoms. The second kappa shape index (κ2) is 9.57. The Hall–Kier alpha value is -5.86. The predicted octanol–water partition coefficient (Wildman–Crippen LogP) is 12.8. The van der Waals surface area contributed by atoms with Crippen molar-refractivity contribution in [2.75, 3.05) is 4.90 Å². The molecule has 1 heterocycles. The van der Waals surface area contributed by atoms with Crippen molar-refractivity contribution in [2.45, 2.75) is 19.3 Å². The summed E-state index contributed by atoms with van der Waals surface area (Å²) in [7, 11) is 0. The molecule has 0 aliphatic heterocycles. The van der Waals surface area contributed by atoms with Gasteiger partial charge in [-0.25, -0.2) is 0 Å². The standard InChI is InChI=1S/C45H31NO/c1-45(2)41-13-7-5-11-35(41)36-22-21-34(26-42(36)45)46(32-19-17-28-9-3-4-10-30(28)23-32)33-20-18-29-15-16-31-24-44-40(27-39(31)38(29)25-33)37-12-6-8-14-43(37)47-44/h3-27H,1-2H3. The molecule has 0 N–H and O–H groups in total. The first-order valence-electron chi connectivity index (χ1n) is 16.3. The van der Waals surface area contributed by atoms with Crippen LogP contribution in [0.4, 0.5) is 17.1 Å². The van der Waals surface area contributed by atoms with Crippen LogP contribution in [-0.4, -0.2) is 0 Å². The minimum Gasteiger partial charge on any atom is -0.456 e. The Morgan fingerprint density at radius 2 is 1.04 bits per heavy atom. The van der Waals surface area contributed by atoms with Crippen LogP contribution in [0.3, 0.4) is 0 Å². The van der Waals surface area contributed by atoms with Gasteiger partial charge in [-0.15, -0.1) is 0 Å². The minimum absolute atomic E-state index is 0.0880. The second-order valence-corrected chi connectivity index (χ2v) is 13.4. The number of hydrogen-bond acceptors (Lipinski definition) is 2. The van der Waals surface area contributed by atoms with Gasteiger partial charge in [0.15, 0.2) is 0 Å². The fourth-order valence-corrected chi connectivity index (χ4v) is 7.99. The number of fused-ring (bicyclic) bond motifs is 10. The molecule has 8 aromatic carbocycles. The number of furan rings is 1. The van der Waals surface area contributed by atoms with E-state index >= 15 is 0 Å². The molecule has 0 saturated carbocycles. The Morgan fingerprint density at radius 1 is 0.404 bits per heavy atom. The zero-order valence-corrected chi connectivity index (χ0v) is 26.3. The molecule has 1 aliphatic carbocycles. The van der Waals surface area contributed by atoms with E-state index in [2.05, 4.69) is 158 Å². The van der Waals surface area contributed by atoms with E-state index in [4.69, 9.17) is 4.42 Å². The zero-order valence-electron chi connectivity index (χ0n) is 26.3. The lowest BCUT2D eigenvalue weighted by atomic mass is 9.82. The SMILES string of the molecule is CC1(C)c2ccccc2-c2ccc(N(c3ccc4ccccc4c3)c3ccc4ccc5cc6oc7ccccc7c6cc5c4c3)cc21. The molecule has 0 bridgehead atoms. The summed E-state index contributed by atoms with van der Waals surface area (Å²) in [6.45, 7) is 4.70. The van der Waals surface area contributed by atoms with Crippen LogP contribution in [0.5, 0.6) is 0 Å². The van der Waals surface area contributed by atoms with Gasteiger partial charge in [-0.3, -0.25) is 0 Å². The van der Waals surface area contributed by atoms with Gasteiger partial charge in [0.2, 0.25) is 0 Å². The third-order valence-electron chi connectivity index (χ3n) is 10.4. The average molecular weight is 602 g/mol. The average Bonchev–Trinajstić information content (AvgIpc) is 3.58. The number of hydrogen-bond donors (Lipinski definition) is 0. The van der Waals surface area contributed by atoms with Crippen LogP contribution in [0.25, 0.3) is 65.4 Å². The molecular weight excluding hydrogens is 571 g/mol. The van der Waals surface area contributed by atoms with Crippen molar-refractivity contribution in [3.8, 4) is 11.1 Å². The van der Waals surface area contributed by atoms with Gasteiger partial charge in [0.05, 0.1) is 0 Å². The Balaban J connectivity index is 1.22. The van der Waals surface area contributed by atoms with Crippen LogP contribution >= 0.6 is 0 Å². The summed E-state index contributed by atoms with van der Waals surface area (Å²) in [4.78, 5) is 2.43. The molecule has 0 unspecified atom stereocenters. The molecule has 47 heavy (non-hydrogen) atoms. The largest absolute Gasteiger partial charge is 0.456 e. The van der Waals surface area contributed by atoms with Crippen LogP contribution in [-0.2, 0) is 5.41 Å². The zero-order chi connectivity index (χ0) is 31.3. The number of anilines is 3. The number of benzene rings is 8. The molecule has 9 aromatic rings. The van der Waals surface area contributed by atoms with Crippen molar-refractivity contribution in [3.63, 3.8) is 0 Å². The lowest BCUT2D eigenvalue weighted by Gasteiger charge is -2.28. The van der Waals surface area contributed by atoms with Crippen molar-refractivity contribution in [1.82, 2.24) is 0 Å². The van der Waals surface area contributed by atoms with Gasteiger partial charge >= 0.3 is 0 Å². The summed E-state index contributed by atoms with van der Waals surface area (Å²) in [6.07, 6.45) is 0. The Kier molecular flexibility index (Phi) is 5.37. The van der Waals surface area contributed by atoms with Crippen molar-refractivity contribution in [2.24, 2.45) is 0 Å². The molecule has 0 radical (unpaired) electrons. The van der Waals surface area contributed by atoms with Gasteiger partial charge < -0.3 is 9.32 Å². The monoisotopic (exact) mass is 601 g/mol. The first kappa shape index (κ1) is 26.4. The Morgan fingerprint density at radius 3 is 1.96 bits per heavy atom. The molecule has 10 rings (SSSR count). The van der Waals surface area contributed by atoms with E-state index in [0.717, 1.165) is 39.0 Å².